The highest BCUT2D eigenvalue weighted by atomic mass is 35.5. The van der Waals surface area contributed by atoms with E-state index in [-0.39, 0.29) is 5.91 Å². The van der Waals surface area contributed by atoms with Crippen molar-refractivity contribution in [1.82, 2.24) is 9.88 Å². The van der Waals surface area contributed by atoms with E-state index in [9.17, 15) is 4.79 Å². The van der Waals surface area contributed by atoms with Gasteiger partial charge in [0.1, 0.15) is 0 Å². The first-order chi connectivity index (χ1) is 10.7. The molecule has 2 aromatic rings. The Hall–Kier alpha value is -2.13. The van der Waals surface area contributed by atoms with Crippen molar-refractivity contribution in [2.24, 2.45) is 0 Å². The van der Waals surface area contributed by atoms with E-state index in [1.165, 1.54) is 5.56 Å². The SMILES string of the molecule is CCN(CCc1ccncc1)C(=O)/C=C/c1ccc(Cl)cc1. The van der Waals surface area contributed by atoms with Crippen molar-refractivity contribution >= 4 is 23.6 Å². The predicted octanol–water partition coefficient (Wildman–Crippen LogP) is 3.84. The Bertz CT molecular complexity index is 623. The fourth-order valence-electron chi connectivity index (χ4n) is 2.08. The molecular weight excluding hydrogens is 296 g/mol. The minimum atomic E-state index is 0.0199. The standard InChI is InChI=1S/C18H19ClN2O/c1-2-21(14-11-16-9-12-20-13-10-16)18(22)8-5-15-3-6-17(19)7-4-15/h3-10,12-13H,2,11,14H2,1H3/b8-5+. The number of hydrogen-bond donors (Lipinski definition) is 0. The number of carbonyl (C=O) groups is 1. The summed E-state index contributed by atoms with van der Waals surface area (Å²) in [5.74, 6) is 0.0199. The van der Waals surface area contributed by atoms with Gasteiger partial charge in [-0.1, -0.05) is 23.7 Å². The summed E-state index contributed by atoms with van der Waals surface area (Å²) < 4.78 is 0. The summed E-state index contributed by atoms with van der Waals surface area (Å²) in [4.78, 5) is 18.1. The maximum Gasteiger partial charge on any atom is 0.246 e. The average Bonchev–Trinajstić information content (AvgIpc) is 2.56. The third kappa shape index (κ3) is 5.01. The lowest BCUT2D eigenvalue weighted by Crippen LogP contribution is -2.31. The molecule has 0 saturated heterocycles. The number of rotatable bonds is 6. The highest BCUT2D eigenvalue weighted by Gasteiger charge is 2.08. The van der Waals surface area contributed by atoms with Gasteiger partial charge in [0.2, 0.25) is 5.91 Å². The van der Waals surface area contributed by atoms with E-state index in [1.54, 1.807) is 18.5 Å². The Morgan fingerprint density at radius 2 is 1.86 bits per heavy atom. The van der Waals surface area contributed by atoms with Gasteiger partial charge in [0.05, 0.1) is 0 Å². The first-order valence-electron chi connectivity index (χ1n) is 7.30. The van der Waals surface area contributed by atoms with Crippen LogP contribution in [-0.2, 0) is 11.2 Å². The molecule has 3 nitrogen and oxygen atoms in total. The lowest BCUT2D eigenvalue weighted by Gasteiger charge is -2.19. The minimum absolute atomic E-state index is 0.0199. The van der Waals surface area contributed by atoms with Gasteiger partial charge in [-0.15, -0.1) is 0 Å². The first-order valence-corrected chi connectivity index (χ1v) is 7.68. The monoisotopic (exact) mass is 314 g/mol. The van der Waals surface area contributed by atoms with Crippen molar-refractivity contribution < 1.29 is 4.79 Å². The molecule has 0 atom stereocenters. The number of aromatic nitrogens is 1. The van der Waals surface area contributed by atoms with Crippen LogP contribution in [0.3, 0.4) is 0 Å². The molecular formula is C18H19ClN2O. The first kappa shape index (κ1) is 16.2. The van der Waals surface area contributed by atoms with Crippen LogP contribution in [0, 0.1) is 0 Å². The molecule has 22 heavy (non-hydrogen) atoms. The number of pyridine rings is 1. The normalized spacial score (nSPS) is 10.8. The number of halogens is 1. The number of hydrogen-bond acceptors (Lipinski definition) is 2. The molecule has 114 valence electrons. The summed E-state index contributed by atoms with van der Waals surface area (Å²) in [6.45, 7) is 3.37. The third-order valence-electron chi connectivity index (χ3n) is 3.40. The Morgan fingerprint density at radius 3 is 2.50 bits per heavy atom. The number of nitrogens with zero attached hydrogens (tertiary/aromatic N) is 2. The molecule has 1 amide bonds. The molecule has 1 aromatic heterocycles. The number of likely N-dealkylation sites (N-methyl/N-ethyl adjacent to an activating group) is 1. The molecule has 0 aliphatic carbocycles. The summed E-state index contributed by atoms with van der Waals surface area (Å²) >= 11 is 5.84. The van der Waals surface area contributed by atoms with Gasteiger partial charge < -0.3 is 4.90 Å². The zero-order valence-electron chi connectivity index (χ0n) is 12.6. The largest absolute Gasteiger partial charge is 0.339 e. The molecule has 1 aromatic carbocycles. The van der Waals surface area contributed by atoms with E-state index >= 15 is 0 Å². The highest BCUT2D eigenvalue weighted by molar-refractivity contribution is 6.30. The molecule has 0 radical (unpaired) electrons. The second kappa shape index (κ2) is 8.35. The fourth-order valence-corrected chi connectivity index (χ4v) is 2.21. The van der Waals surface area contributed by atoms with Crippen LogP contribution < -0.4 is 0 Å². The molecule has 0 aliphatic rings. The van der Waals surface area contributed by atoms with E-state index < -0.39 is 0 Å². The van der Waals surface area contributed by atoms with Gasteiger partial charge in [-0.25, -0.2) is 0 Å². The lowest BCUT2D eigenvalue weighted by molar-refractivity contribution is -0.125. The number of benzene rings is 1. The Balaban J connectivity index is 1.92. The maximum absolute atomic E-state index is 12.2. The van der Waals surface area contributed by atoms with Gasteiger partial charge in [-0.3, -0.25) is 9.78 Å². The van der Waals surface area contributed by atoms with Gasteiger partial charge >= 0.3 is 0 Å². The quantitative estimate of drug-likeness (QED) is 0.759. The van der Waals surface area contributed by atoms with Crippen LogP contribution in [0.4, 0.5) is 0 Å². The summed E-state index contributed by atoms with van der Waals surface area (Å²) in [6, 6.07) is 11.3. The third-order valence-corrected chi connectivity index (χ3v) is 3.65. The van der Waals surface area contributed by atoms with Crippen molar-refractivity contribution in [3.8, 4) is 0 Å². The van der Waals surface area contributed by atoms with Crippen molar-refractivity contribution in [3.63, 3.8) is 0 Å². The molecule has 0 N–H and O–H groups in total. The van der Waals surface area contributed by atoms with Crippen LogP contribution in [0.15, 0.2) is 54.9 Å². The van der Waals surface area contributed by atoms with Gasteiger partial charge in [0.25, 0.3) is 0 Å². The molecule has 2 rings (SSSR count). The topological polar surface area (TPSA) is 33.2 Å². The van der Waals surface area contributed by atoms with Crippen LogP contribution in [0.5, 0.6) is 0 Å². The summed E-state index contributed by atoms with van der Waals surface area (Å²) in [7, 11) is 0. The van der Waals surface area contributed by atoms with Gasteiger partial charge in [-0.05, 0) is 54.8 Å². The van der Waals surface area contributed by atoms with Crippen LogP contribution in [0.2, 0.25) is 5.02 Å². The zero-order valence-corrected chi connectivity index (χ0v) is 13.3. The minimum Gasteiger partial charge on any atom is -0.339 e. The summed E-state index contributed by atoms with van der Waals surface area (Å²) in [5, 5.41) is 0.691. The summed E-state index contributed by atoms with van der Waals surface area (Å²) in [5.41, 5.74) is 2.14. The van der Waals surface area contributed by atoms with E-state index in [0.29, 0.717) is 18.1 Å². The van der Waals surface area contributed by atoms with Crippen molar-refractivity contribution in [1.29, 1.82) is 0 Å². The van der Waals surface area contributed by atoms with Crippen molar-refractivity contribution in [2.75, 3.05) is 13.1 Å². The summed E-state index contributed by atoms with van der Waals surface area (Å²) in [6.07, 6.45) is 7.80. The van der Waals surface area contributed by atoms with Gasteiger partial charge in [-0.2, -0.15) is 0 Å². The molecule has 0 spiro atoms. The number of amides is 1. The van der Waals surface area contributed by atoms with E-state index in [0.717, 1.165) is 12.0 Å². The molecule has 0 fully saturated rings. The second-order valence-electron chi connectivity index (χ2n) is 4.91. The Labute approximate surface area is 136 Å². The molecule has 1 heterocycles. The maximum atomic E-state index is 12.2. The molecule has 0 saturated carbocycles. The molecule has 0 aliphatic heterocycles. The van der Waals surface area contributed by atoms with Crippen molar-refractivity contribution in [2.45, 2.75) is 13.3 Å². The Kier molecular flexibility index (Phi) is 6.16. The van der Waals surface area contributed by atoms with Gasteiger partial charge in [0.15, 0.2) is 0 Å². The Morgan fingerprint density at radius 1 is 1.18 bits per heavy atom. The fraction of sp³-hybridized carbons (Fsp3) is 0.222. The van der Waals surface area contributed by atoms with E-state index in [1.807, 2.05) is 54.3 Å². The van der Waals surface area contributed by atoms with Gasteiger partial charge in [0, 0.05) is 36.6 Å². The molecule has 4 heteroatoms. The van der Waals surface area contributed by atoms with E-state index in [4.69, 9.17) is 11.6 Å². The highest BCUT2D eigenvalue weighted by Crippen LogP contribution is 2.11. The molecule has 0 unspecified atom stereocenters. The van der Waals surface area contributed by atoms with Crippen LogP contribution >= 0.6 is 11.6 Å². The van der Waals surface area contributed by atoms with Crippen LogP contribution in [0.25, 0.3) is 6.08 Å². The molecule has 0 bridgehead atoms. The smallest absolute Gasteiger partial charge is 0.246 e. The average molecular weight is 315 g/mol. The zero-order chi connectivity index (χ0) is 15.8. The second-order valence-corrected chi connectivity index (χ2v) is 5.34. The van der Waals surface area contributed by atoms with Crippen LogP contribution in [-0.4, -0.2) is 28.9 Å². The van der Waals surface area contributed by atoms with Crippen molar-refractivity contribution in [3.05, 3.63) is 71.0 Å². The lowest BCUT2D eigenvalue weighted by atomic mass is 10.2. The van der Waals surface area contributed by atoms with Crippen LogP contribution in [0.1, 0.15) is 18.1 Å². The predicted molar refractivity (Wildman–Crippen MR) is 90.7 cm³/mol. The van der Waals surface area contributed by atoms with E-state index in [2.05, 4.69) is 4.98 Å². The number of carbonyl (C=O) groups excluding carboxylic acids is 1.